The molecule has 0 fully saturated rings. The van der Waals surface area contributed by atoms with Crippen molar-refractivity contribution in [1.82, 2.24) is 24.9 Å². The first-order valence-corrected chi connectivity index (χ1v) is 14.2. The summed E-state index contributed by atoms with van der Waals surface area (Å²) in [6.45, 7) is 0. The molecular weight excluding hydrogens is 522 g/mol. The number of thiophene rings is 1. The van der Waals surface area contributed by atoms with Gasteiger partial charge in [0.05, 0.1) is 22.9 Å². The first-order valence-electron chi connectivity index (χ1n) is 13.4. The molecule has 6 heteroatoms. The maximum absolute atomic E-state index is 5.01. The van der Waals surface area contributed by atoms with Crippen molar-refractivity contribution in [2.75, 3.05) is 0 Å². The van der Waals surface area contributed by atoms with Gasteiger partial charge in [0.1, 0.15) is 0 Å². The molecular formula is C35H21N5S. The summed E-state index contributed by atoms with van der Waals surface area (Å²) in [6, 6.07) is 40.9. The average Bonchev–Trinajstić information content (AvgIpc) is 3.44. The van der Waals surface area contributed by atoms with Gasteiger partial charge in [-0.3, -0.25) is 4.98 Å². The molecule has 0 aliphatic carbocycles. The summed E-state index contributed by atoms with van der Waals surface area (Å²) in [5, 5.41) is 2.28. The summed E-state index contributed by atoms with van der Waals surface area (Å²) >= 11 is 1.76. The molecule has 5 nitrogen and oxygen atoms in total. The number of fused-ring (bicyclic) bond motifs is 4. The van der Waals surface area contributed by atoms with Crippen LogP contribution in [0.15, 0.2) is 128 Å². The second kappa shape index (κ2) is 9.70. The third kappa shape index (κ3) is 4.13. The molecule has 0 amide bonds. The van der Waals surface area contributed by atoms with E-state index in [2.05, 4.69) is 41.4 Å². The van der Waals surface area contributed by atoms with Gasteiger partial charge in [-0.05, 0) is 18.2 Å². The van der Waals surface area contributed by atoms with E-state index in [9.17, 15) is 0 Å². The summed E-state index contributed by atoms with van der Waals surface area (Å²) in [5.41, 5.74) is 6.59. The lowest BCUT2D eigenvalue weighted by Crippen LogP contribution is -2.00. The summed E-state index contributed by atoms with van der Waals surface area (Å²) in [5.74, 6) is 1.95. The second-order valence-electron chi connectivity index (χ2n) is 9.75. The Morgan fingerprint density at radius 2 is 1.07 bits per heavy atom. The van der Waals surface area contributed by atoms with Gasteiger partial charge in [-0.15, -0.1) is 11.3 Å². The van der Waals surface area contributed by atoms with Gasteiger partial charge < -0.3 is 0 Å². The minimum absolute atomic E-state index is 0.651. The first-order chi connectivity index (χ1) is 20.3. The molecule has 0 radical (unpaired) electrons. The number of benzene rings is 5. The van der Waals surface area contributed by atoms with E-state index in [1.807, 2.05) is 91.1 Å². The van der Waals surface area contributed by atoms with Crippen molar-refractivity contribution in [3.63, 3.8) is 0 Å². The lowest BCUT2D eigenvalue weighted by molar-refractivity contribution is 1.08. The molecule has 0 bridgehead atoms. The van der Waals surface area contributed by atoms with Crippen LogP contribution in [-0.2, 0) is 0 Å². The molecule has 3 heterocycles. The molecule has 0 unspecified atom stereocenters. The molecule has 5 aromatic carbocycles. The van der Waals surface area contributed by atoms with Crippen LogP contribution in [0.25, 0.3) is 76.6 Å². The molecule has 0 saturated heterocycles. The van der Waals surface area contributed by atoms with Crippen molar-refractivity contribution in [3.8, 4) is 45.4 Å². The normalized spacial score (nSPS) is 11.4. The Morgan fingerprint density at radius 3 is 1.80 bits per heavy atom. The molecule has 0 saturated carbocycles. The van der Waals surface area contributed by atoms with Crippen LogP contribution < -0.4 is 0 Å². The van der Waals surface area contributed by atoms with E-state index in [0.717, 1.165) is 49.8 Å². The SMILES string of the molecule is c1ccc(-c2nc(-c3ccccc3)nc(-c3cccc4sc5c(-c6cnc7ccccc7n6)cccc5c34)n2)cc1. The Kier molecular flexibility index (Phi) is 5.57. The number of aromatic nitrogens is 5. The van der Waals surface area contributed by atoms with Crippen LogP contribution >= 0.6 is 11.3 Å². The Labute approximate surface area is 239 Å². The number of nitrogens with zero attached hydrogens (tertiary/aromatic N) is 5. The largest absolute Gasteiger partial charge is 0.252 e. The molecule has 8 rings (SSSR count). The first kappa shape index (κ1) is 23.5. The van der Waals surface area contributed by atoms with Gasteiger partial charge in [-0.2, -0.15) is 0 Å². The Hall–Kier alpha value is -5.33. The van der Waals surface area contributed by atoms with Crippen LogP contribution in [0, 0.1) is 0 Å². The van der Waals surface area contributed by atoms with Gasteiger partial charge >= 0.3 is 0 Å². The molecule has 0 aliphatic rings. The standard InChI is InChI=1S/C35H21N5S/c1-3-11-22(12-4-1)33-38-34(23-13-5-2-6-14-23)40-35(39-33)26-17-10-20-30-31(26)25-16-9-15-24(32(25)41-30)29-21-36-27-18-7-8-19-28(27)37-29/h1-21H. The van der Waals surface area contributed by atoms with Crippen molar-refractivity contribution in [2.45, 2.75) is 0 Å². The maximum atomic E-state index is 5.01. The van der Waals surface area contributed by atoms with E-state index in [0.29, 0.717) is 17.5 Å². The highest BCUT2D eigenvalue weighted by atomic mass is 32.1. The summed E-state index contributed by atoms with van der Waals surface area (Å²) in [4.78, 5) is 24.5. The van der Waals surface area contributed by atoms with Gasteiger partial charge in [0.15, 0.2) is 17.5 Å². The third-order valence-electron chi connectivity index (χ3n) is 7.19. The zero-order valence-electron chi connectivity index (χ0n) is 21.8. The smallest absolute Gasteiger partial charge is 0.164 e. The van der Waals surface area contributed by atoms with Gasteiger partial charge in [0, 0.05) is 42.4 Å². The number of para-hydroxylation sites is 2. The quantitative estimate of drug-likeness (QED) is 0.222. The number of rotatable bonds is 4. The van der Waals surface area contributed by atoms with Crippen molar-refractivity contribution < 1.29 is 0 Å². The second-order valence-corrected chi connectivity index (χ2v) is 10.8. The number of hydrogen-bond acceptors (Lipinski definition) is 6. The van der Waals surface area contributed by atoms with Crippen molar-refractivity contribution in [1.29, 1.82) is 0 Å². The third-order valence-corrected chi connectivity index (χ3v) is 8.39. The van der Waals surface area contributed by atoms with Gasteiger partial charge in [0.2, 0.25) is 0 Å². The topological polar surface area (TPSA) is 64.5 Å². The molecule has 3 aromatic heterocycles. The molecule has 41 heavy (non-hydrogen) atoms. The van der Waals surface area contributed by atoms with E-state index in [1.165, 1.54) is 9.40 Å². The maximum Gasteiger partial charge on any atom is 0.164 e. The monoisotopic (exact) mass is 543 g/mol. The van der Waals surface area contributed by atoms with Gasteiger partial charge in [-0.1, -0.05) is 103 Å². The van der Waals surface area contributed by atoms with Gasteiger partial charge in [-0.25, -0.2) is 19.9 Å². The fourth-order valence-corrected chi connectivity index (χ4v) is 6.50. The van der Waals surface area contributed by atoms with Crippen LogP contribution in [0.2, 0.25) is 0 Å². The van der Waals surface area contributed by atoms with Crippen molar-refractivity contribution in [2.24, 2.45) is 0 Å². The predicted octanol–water partition coefficient (Wildman–Crippen LogP) is 8.85. The highest BCUT2D eigenvalue weighted by Crippen LogP contribution is 2.43. The van der Waals surface area contributed by atoms with E-state index >= 15 is 0 Å². The molecule has 0 N–H and O–H groups in total. The van der Waals surface area contributed by atoms with Crippen molar-refractivity contribution >= 4 is 42.5 Å². The van der Waals surface area contributed by atoms with Crippen molar-refractivity contribution in [3.05, 3.63) is 128 Å². The van der Waals surface area contributed by atoms with E-state index in [1.54, 1.807) is 11.3 Å². The fourth-order valence-electron chi connectivity index (χ4n) is 5.25. The highest BCUT2D eigenvalue weighted by Gasteiger charge is 2.18. The van der Waals surface area contributed by atoms with E-state index in [-0.39, 0.29) is 0 Å². The molecule has 0 aliphatic heterocycles. The van der Waals surface area contributed by atoms with E-state index in [4.69, 9.17) is 19.9 Å². The van der Waals surface area contributed by atoms with Crippen LogP contribution in [0.1, 0.15) is 0 Å². The zero-order valence-corrected chi connectivity index (χ0v) is 22.6. The lowest BCUT2D eigenvalue weighted by atomic mass is 10.0. The average molecular weight is 544 g/mol. The Bertz CT molecular complexity index is 2150. The summed E-state index contributed by atoms with van der Waals surface area (Å²) in [6.07, 6.45) is 1.87. The summed E-state index contributed by atoms with van der Waals surface area (Å²) in [7, 11) is 0. The van der Waals surface area contributed by atoms with Gasteiger partial charge in [0.25, 0.3) is 0 Å². The molecule has 0 spiro atoms. The minimum atomic E-state index is 0.651. The lowest BCUT2D eigenvalue weighted by Gasteiger charge is -2.09. The van der Waals surface area contributed by atoms with Crippen LogP contribution in [-0.4, -0.2) is 24.9 Å². The highest BCUT2D eigenvalue weighted by molar-refractivity contribution is 7.26. The van der Waals surface area contributed by atoms with E-state index < -0.39 is 0 Å². The molecule has 8 aromatic rings. The van der Waals surface area contributed by atoms with Crippen LogP contribution in [0.3, 0.4) is 0 Å². The number of hydrogen-bond donors (Lipinski definition) is 0. The van der Waals surface area contributed by atoms with Crippen LogP contribution in [0.5, 0.6) is 0 Å². The fraction of sp³-hybridized carbons (Fsp3) is 0. The Balaban J connectivity index is 1.36. The molecule has 192 valence electrons. The minimum Gasteiger partial charge on any atom is -0.252 e. The summed E-state index contributed by atoms with van der Waals surface area (Å²) < 4.78 is 2.33. The zero-order chi connectivity index (χ0) is 27.2. The Morgan fingerprint density at radius 1 is 0.463 bits per heavy atom. The predicted molar refractivity (Wildman–Crippen MR) is 168 cm³/mol. The molecule has 0 atom stereocenters. The van der Waals surface area contributed by atoms with Crippen LogP contribution in [0.4, 0.5) is 0 Å².